The molecule has 1 aromatic rings. The molecule has 0 aliphatic rings. The summed E-state index contributed by atoms with van der Waals surface area (Å²) in [6, 6.07) is 11.2. The quantitative estimate of drug-likeness (QED) is 0.598. The van der Waals surface area contributed by atoms with Crippen LogP contribution in [0.2, 0.25) is 0 Å². The fourth-order valence-corrected chi connectivity index (χ4v) is 1.25. The largest absolute Gasteiger partial charge is 0.398 e. The monoisotopic (exact) mass is 219 g/mol. The van der Waals surface area contributed by atoms with Crippen molar-refractivity contribution in [2.75, 3.05) is 5.73 Å². The maximum Gasteiger partial charge on any atom is 0.138 e. The van der Waals surface area contributed by atoms with Gasteiger partial charge in [-0.15, -0.1) is 0 Å². The van der Waals surface area contributed by atoms with E-state index in [0.29, 0.717) is 10.4 Å². The Labute approximate surface area is 97.2 Å². The number of nitrogens with zero attached hydrogens (tertiary/aromatic N) is 4. The van der Waals surface area contributed by atoms with Gasteiger partial charge in [-0.25, -0.2) is 0 Å². The molecule has 0 heterocycles. The van der Waals surface area contributed by atoms with Crippen molar-refractivity contribution >= 4 is 16.8 Å². The third-order valence-corrected chi connectivity index (χ3v) is 2.06. The maximum atomic E-state index is 8.70. The SMILES string of the molecule is N#CC(C#N)=c1ccc(=C(C#N)C#N)c(N)c1. The fraction of sp³-hybridized carbons (Fsp3) is 0. The van der Waals surface area contributed by atoms with Gasteiger partial charge in [0.1, 0.15) is 35.4 Å². The third-order valence-electron chi connectivity index (χ3n) is 2.06. The predicted octanol–water partition coefficient (Wildman–Crippen LogP) is -0.335. The minimum Gasteiger partial charge on any atom is -0.398 e. The van der Waals surface area contributed by atoms with Gasteiger partial charge < -0.3 is 5.73 Å². The zero-order valence-corrected chi connectivity index (χ0v) is 8.60. The van der Waals surface area contributed by atoms with Crippen LogP contribution in [0.3, 0.4) is 0 Å². The van der Waals surface area contributed by atoms with E-state index in [1.165, 1.54) is 18.2 Å². The molecular formula is C12H5N5. The maximum absolute atomic E-state index is 8.70. The molecule has 0 radical (unpaired) electrons. The van der Waals surface area contributed by atoms with E-state index in [1.54, 1.807) is 24.3 Å². The Morgan fingerprint density at radius 2 is 1.41 bits per heavy atom. The Bertz CT molecular complexity index is 713. The van der Waals surface area contributed by atoms with Crippen LogP contribution in [0.15, 0.2) is 18.2 Å². The second-order valence-corrected chi connectivity index (χ2v) is 3.00. The van der Waals surface area contributed by atoms with E-state index in [4.69, 9.17) is 26.8 Å². The number of hydrogen-bond acceptors (Lipinski definition) is 5. The van der Waals surface area contributed by atoms with E-state index in [-0.39, 0.29) is 16.8 Å². The number of rotatable bonds is 0. The van der Waals surface area contributed by atoms with Gasteiger partial charge >= 0.3 is 0 Å². The molecule has 0 saturated heterocycles. The molecule has 0 aliphatic heterocycles. The van der Waals surface area contributed by atoms with Crippen molar-refractivity contribution in [2.45, 2.75) is 0 Å². The second-order valence-electron chi connectivity index (χ2n) is 3.00. The summed E-state index contributed by atoms with van der Waals surface area (Å²) >= 11 is 0. The van der Waals surface area contributed by atoms with Crippen molar-refractivity contribution in [1.29, 1.82) is 21.0 Å². The highest BCUT2D eigenvalue weighted by Crippen LogP contribution is 1.95. The standard InChI is InChI=1S/C12H5N5/c13-4-9(5-14)8-1-2-11(12(17)3-8)10(6-15)7-16/h1-3H,17H2. The molecule has 5 heteroatoms. The van der Waals surface area contributed by atoms with E-state index in [0.717, 1.165) is 0 Å². The summed E-state index contributed by atoms with van der Waals surface area (Å²) in [6.07, 6.45) is 0. The van der Waals surface area contributed by atoms with Crippen LogP contribution in [0.1, 0.15) is 0 Å². The first-order chi connectivity index (χ1) is 8.17. The minimum atomic E-state index is -0.107. The van der Waals surface area contributed by atoms with Crippen LogP contribution in [0.25, 0.3) is 11.1 Å². The number of benzene rings is 1. The molecular weight excluding hydrogens is 214 g/mol. The van der Waals surface area contributed by atoms with Gasteiger partial charge in [0, 0.05) is 16.1 Å². The van der Waals surface area contributed by atoms with Crippen LogP contribution in [-0.2, 0) is 0 Å². The first-order valence-electron chi connectivity index (χ1n) is 4.42. The van der Waals surface area contributed by atoms with Gasteiger partial charge in [-0.2, -0.15) is 21.0 Å². The van der Waals surface area contributed by atoms with E-state index in [1.807, 2.05) is 0 Å². The summed E-state index contributed by atoms with van der Waals surface area (Å²) in [7, 11) is 0. The van der Waals surface area contributed by atoms with Gasteiger partial charge in [0.05, 0.1) is 0 Å². The van der Waals surface area contributed by atoms with Crippen molar-refractivity contribution in [3.05, 3.63) is 28.6 Å². The van der Waals surface area contributed by atoms with Crippen molar-refractivity contribution in [2.24, 2.45) is 0 Å². The van der Waals surface area contributed by atoms with Gasteiger partial charge in [0.15, 0.2) is 0 Å². The summed E-state index contributed by atoms with van der Waals surface area (Å²) in [5.74, 6) is 0. The fourth-order valence-electron chi connectivity index (χ4n) is 1.25. The lowest BCUT2D eigenvalue weighted by atomic mass is 10.1. The van der Waals surface area contributed by atoms with Crippen LogP contribution in [0, 0.1) is 45.3 Å². The highest BCUT2D eigenvalue weighted by Gasteiger charge is 2.00. The molecule has 78 valence electrons. The Morgan fingerprint density at radius 1 is 0.882 bits per heavy atom. The number of anilines is 1. The molecule has 17 heavy (non-hydrogen) atoms. The first-order valence-corrected chi connectivity index (χ1v) is 4.42. The molecule has 1 aromatic carbocycles. The average molecular weight is 219 g/mol. The van der Waals surface area contributed by atoms with Gasteiger partial charge in [-0.1, -0.05) is 12.1 Å². The number of nitrogens with two attached hydrogens (primary N) is 1. The van der Waals surface area contributed by atoms with Gasteiger partial charge in [0.2, 0.25) is 0 Å². The summed E-state index contributed by atoms with van der Waals surface area (Å²) in [6.45, 7) is 0. The van der Waals surface area contributed by atoms with Crippen molar-refractivity contribution in [3.8, 4) is 24.3 Å². The van der Waals surface area contributed by atoms with Gasteiger partial charge in [0.25, 0.3) is 0 Å². The lowest BCUT2D eigenvalue weighted by Crippen LogP contribution is -2.17. The summed E-state index contributed by atoms with van der Waals surface area (Å²) in [5, 5.41) is 35.4. The molecule has 0 unspecified atom stereocenters. The highest BCUT2D eigenvalue weighted by molar-refractivity contribution is 5.77. The average Bonchev–Trinajstić information content (AvgIpc) is 2.34. The van der Waals surface area contributed by atoms with E-state index in [2.05, 4.69) is 0 Å². The van der Waals surface area contributed by atoms with Crippen LogP contribution < -0.4 is 16.2 Å². The van der Waals surface area contributed by atoms with Crippen LogP contribution in [0.5, 0.6) is 0 Å². The van der Waals surface area contributed by atoms with E-state index in [9.17, 15) is 0 Å². The van der Waals surface area contributed by atoms with Gasteiger partial charge in [-0.05, 0) is 6.07 Å². The second kappa shape index (κ2) is 4.99. The third kappa shape index (κ3) is 2.21. The molecule has 0 bridgehead atoms. The lowest BCUT2D eigenvalue weighted by molar-refractivity contribution is 1.46. The Hall–Kier alpha value is -3.28. The topological polar surface area (TPSA) is 121 Å². The van der Waals surface area contributed by atoms with E-state index < -0.39 is 0 Å². The van der Waals surface area contributed by atoms with Crippen LogP contribution in [-0.4, -0.2) is 0 Å². The van der Waals surface area contributed by atoms with Crippen molar-refractivity contribution < 1.29 is 0 Å². The number of nitriles is 4. The highest BCUT2D eigenvalue weighted by atomic mass is 14.5. The lowest BCUT2D eigenvalue weighted by Gasteiger charge is -1.95. The van der Waals surface area contributed by atoms with Crippen molar-refractivity contribution in [3.63, 3.8) is 0 Å². The molecule has 0 saturated carbocycles. The number of hydrogen-bond donors (Lipinski definition) is 1. The zero-order chi connectivity index (χ0) is 12.8. The number of nitrogen functional groups attached to an aromatic ring is 1. The molecule has 0 atom stereocenters. The summed E-state index contributed by atoms with van der Waals surface area (Å²) < 4.78 is 0. The molecule has 1 rings (SSSR count). The van der Waals surface area contributed by atoms with Gasteiger partial charge in [-0.3, -0.25) is 0 Å². The summed E-state index contributed by atoms with van der Waals surface area (Å²) in [4.78, 5) is 0. The molecule has 0 amide bonds. The molecule has 0 aliphatic carbocycles. The van der Waals surface area contributed by atoms with Crippen LogP contribution in [0.4, 0.5) is 5.69 Å². The van der Waals surface area contributed by atoms with E-state index >= 15 is 0 Å². The Morgan fingerprint density at radius 3 is 1.82 bits per heavy atom. The molecule has 2 N–H and O–H groups in total. The molecule has 0 fully saturated rings. The first kappa shape index (κ1) is 11.8. The Kier molecular flexibility index (Phi) is 3.46. The Balaban J connectivity index is 3.78. The van der Waals surface area contributed by atoms with Crippen molar-refractivity contribution in [1.82, 2.24) is 0 Å². The molecule has 0 spiro atoms. The minimum absolute atomic E-state index is 0.0706. The molecule has 5 nitrogen and oxygen atoms in total. The zero-order valence-electron chi connectivity index (χ0n) is 8.60. The molecule has 0 aromatic heterocycles. The summed E-state index contributed by atoms with van der Waals surface area (Å²) in [5.41, 5.74) is 5.67. The normalized spacial score (nSPS) is 8.00. The predicted molar refractivity (Wildman–Crippen MR) is 59.4 cm³/mol. The van der Waals surface area contributed by atoms with Crippen LogP contribution >= 0.6 is 0 Å². The smallest absolute Gasteiger partial charge is 0.138 e.